The zero-order valence-corrected chi connectivity index (χ0v) is 13.1. The molecule has 1 aromatic heterocycles. The van der Waals surface area contributed by atoms with E-state index in [1.807, 2.05) is 19.1 Å². The number of fused-ring (bicyclic) bond motifs is 3. The van der Waals surface area contributed by atoms with Gasteiger partial charge in [0, 0.05) is 25.0 Å². The number of ether oxygens (including phenoxy) is 2. The van der Waals surface area contributed by atoms with E-state index in [0.29, 0.717) is 12.3 Å². The summed E-state index contributed by atoms with van der Waals surface area (Å²) >= 11 is 0. The van der Waals surface area contributed by atoms with Crippen molar-refractivity contribution in [2.45, 2.75) is 26.3 Å². The van der Waals surface area contributed by atoms with Crippen molar-refractivity contribution in [3.8, 4) is 5.75 Å². The molecule has 0 spiro atoms. The van der Waals surface area contributed by atoms with Gasteiger partial charge in [-0.15, -0.1) is 0 Å². The maximum atomic E-state index is 11.8. The minimum atomic E-state index is -0.288. The summed E-state index contributed by atoms with van der Waals surface area (Å²) in [6, 6.07) is 5.57. The fourth-order valence-electron chi connectivity index (χ4n) is 3.03. The summed E-state index contributed by atoms with van der Waals surface area (Å²) in [5, 5.41) is 1.02. The van der Waals surface area contributed by atoms with Crippen molar-refractivity contribution in [1.29, 1.82) is 0 Å². The summed E-state index contributed by atoms with van der Waals surface area (Å²) in [6.45, 7) is 5.22. The molecule has 1 N–H and O–H groups in total. The molecule has 3 rings (SSSR count). The first-order chi connectivity index (χ1) is 10.7. The standard InChI is InChI=1S/C17H21NO4/c1-3-12-9-16(19)22-17-13(12)5-6-15-14(17)10-18(11-21-15)7-4-8-20-2/h5-6,9H,3-4,7-8,10-11H2,1-2H3/p+1. The van der Waals surface area contributed by atoms with Gasteiger partial charge in [-0.05, 0) is 24.1 Å². The second-order valence-electron chi connectivity index (χ2n) is 5.67. The Bertz CT molecular complexity index is 722. The topological polar surface area (TPSA) is 53.1 Å². The lowest BCUT2D eigenvalue weighted by Crippen LogP contribution is -3.12. The number of rotatable bonds is 5. The molecule has 1 aromatic carbocycles. The van der Waals surface area contributed by atoms with E-state index < -0.39 is 0 Å². The molecule has 2 heterocycles. The molecule has 0 saturated heterocycles. The third-order valence-corrected chi connectivity index (χ3v) is 4.18. The van der Waals surface area contributed by atoms with Crippen LogP contribution in [0.5, 0.6) is 5.75 Å². The van der Waals surface area contributed by atoms with Crippen LogP contribution in [0.1, 0.15) is 24.5 Å². The third-order valence-electron chi connectivity index (χ3n) is 4.18. The van der Waals surface area contributed by atoms with Gasteiger partial charge in [0.2, 0.25) is 6.73 Å². The minimum Gasteiger partial charge on any atom is -0.445 e. The number of nitrogens with one attached hydrogen (secondary N) is 1. The molecule has 0 aliphatic carbocycles. The number of benzene rings is 1. The second-order valence-corrected chi connectivity index (χ2v) is 5.67. The molecule has 2 aromatic rings. The van der Waals surface area contributed by atoms with Crippen molar-refractivity contribution in [3.63, 3.8) is 0 Å². The van der Waals surface area contributed by atoms with E-state index in [9.17, 15) is 4.79 Å². The predicted molar refractivity (Wildman–Crippen MR) is 83.4 cm³/mol. The van der Waals surface area contributed by atoms with Gasteiger partial charge in [-0.2, -0.15) is 0 Å². The number of aryl methyl sites for hydroxylation is 1. The molecule has 0 bridgehead atoms. The van der Waals surface area contributed by atoms with Crippen LogP contribution >= 0.6 is 0 Å². The lowest BCUT2D eigenvalue weighted by molar-refractivity contribution is -0.932. The van der Waals surface area contributed by atoms with Crippen molar-refractivity contribution in [2.24, 2.45) is 0 Å². The van der Waals surface area contributed by atoms with Crippen LogP contribution in [0, 0.1) is 0 Å². The highest BCUT2D eigenvalue weighted by Crippen LogP contribution is 2.29. The van der Waals surface area contributed by atoms with Crippen molar-refractivity contribution in [3.05, 3.63) is 39.7 Å². The van der Waals surface area contributed by atoms with Gasteiger partial charge in [0.1, 0.15) is 12.3 Å². The van der Waals surface area contributed by atoms with Crippen molar-refractivity contribution >= 4 is 11.0 Å². The van der Waals surface area contributed by atoms with Gasteiger partial charge in [-0.3, -0.25) is 4.90 Å². The average Bonchev–Trinajstić information content (AvgIpc) is 2.54. The smallest absolute Gasteiger partial charge is 0.336 e. The lowest BCUT2D eigenvalue weighted by Gasteiger charge is -2.26. The van der Waals surface area contributed by atoms with E-state index >= 15 is 0 Å². The van der Waals surface area contributed by atoms with Crippen LogP contribution in [0.25, 0.3) is 11.0 Å². The molecule has 22 heavy (non-hydrogen) atoms. The SMILES string of the molecule is CCc1cc(=O)oc2c3c(ccc12)OC[NH+](CCCOC)C3. The fourth-order valence-corrected chi connectivity index (χ4v) is 3.03. The van der Waals surface area contributed by atoms with E-state index in [2.05, 4.69) is 0 Å². The van der Waals surface area contributed by atoms with Gasteiger partial charge in [-0.1, -0.05) is 6.92 Å². The Balaban J connectivity index is 1.97. The Hall–Kier alpha value is -1.85. The van der Waals surface area contributed by atoms with Gasteiger partial charge >= 0.3 is 5.63 Å². The van der Waals surface area contributed by atoms with Crippen LogP contribution in [-0.2, 0) is 17.7 Å². The summed E-state index contributed by atoms with van der Waals surface area (Å²) in [7, 11) is 1.71. The maximum absolute atomic E-state index is 11.8. The molecular weight excluding hydrogens is 282 g/mol. The molecule has 1 aliphatic rings. The Kier molecular flexibility index (Phi) is 4.45. The Morgan fingerprint density at radius 1 is 1.36 bits per heavy atom. The highest BCUT2D eigenvalue weighted by molar-refractivity contribution is 5.85. The lowest BCUT2D eigenvalue weighted by atomic mass is 10.0. The monoisotopic (exact) mass is 304 g/mol. The molecule has 118 valence electrons. The summed E-state index contributed by atoms with van der Waals surface area (Å²) in [4.78, 5) is 13.1. The van der Waals surface area contributed by atoms with Gasteiger partial charge in [0.15, 0.2) is 5.58 Å². The van der Waals surface area contributed by atoms with Gasteiger partial charge < -0.3 is 13.9 Å². The molecule has 1 atom stereocenters. The maximum Gasteiger partial charge on any atom is 0.336 e. The number of hydrogen-bond donors (Lipinski definition) is 1. The van der Waals surface area contributed by atoms with E-state index in [1.165, 1.54) is 4.90 Å². The first-order valence-electron chi connectivity index (χ1n) is 7.77. The van der Waals surface area contributed by atoms with Gasteiger partial charge in [-0.25, -0.2) is 4.79 Å². The van der Waals surface area contributed by atoms with Crippen LogP contribution in [0.3, 0.4) is 0 Å². The molecule has 0 saturated carbocycles. The van der Waals surface area contributed by atoms with E-state index in [0.717, 1.165) is 54.8 Å². The number of hydrogen-bond acceptors (Lipinski definition) is 4. The minimum absolute atomic E-state index is 0.288. The highest BCUT2D eigenvalue weighted by Gasteiger charge is 2.24. The molecule has 0 radical (unpaired) electrons. The third kappa shape index (κ3) is 2.87. The van der Waals surface area contributed by atoms with Gasteiger partial charge in [0.05, 0.1) is 18.7 Å². The molecule has 1 unspecified atom stereocenters. The highest BCUT2D eigenvalue weighted by atomic mass is 16.5. The first-order valence-corrected chi connectivity index (χ1v) is 7.77. The second kappa shape index (κ2) is 6.50. The molecule has 5 nitrogen and oxygen atoms in total. The zero-order chi connectivity index (χ0) is 15.5. The Morgan fingerprint density at radius 3 is 3.00 bits per heavy atom. The van der Waals surface area contributed by atoms with E-state index in [1.54, 1.807) is 13.2 Å². The largest absolute Gasteiger partial charge is 0.445 e. The summed E-state index contributed by atoms with van der Waals surface area (Å²) in [5.74, 6) is 0.833. The van der Waals surface area contributed by atoms with Crippen molar-refractivity contribution in [1.82, 2.24) is 0 Å². The number of quaternary nitrogens is 1. The summed E-state index contributed by atoms with van der Waals surface area (Å²) in [5.41, 5.74) is 2.43. The molecule has 0 amide bonds. The fraction of sp³-hybridized carbons (Fsp3) is 0.471. The van der Waals surface area contributed by atoms with Crippen LogP contribution in [0.2, 0.25) is 0 Å². The normalized spacial score (nSPS) is 17.3. The molecule has 1 aliphatic heterocycles. The van der Waals surface area contributed by atoms with Crippen molar-refractivity contribution < 1.29 is 18.8 Å². The Labute approximate surface area is 129 Å². The zero-order valence-electron chi connectivity index (χ0n) is 13.1. The first kappa shape index (κ1) is 15.1. The van der Waals surface area contributed by atoms with E-state index in [4.69, 9.17) is 13.9 Å². The quantitative estimate of drug-likeness (QED) is 0.664. The molecule has 0 fully saturated rings. The Morgan fingerprint density at radius 2 is 2.23 bits per heavy atom. The number of methoxy groups -OCH3 is 1. The molecular formula is C17H22NO4+. The van der Waals surface area contributed by atoms with Gasteiger partial charge in [0.25, 0.3) is 0 Å². The average molecular weight is 304 g/mol. The van der Waals surface area contributed by atoms with Crippen LogP contribution in [-0.4, -0.2) is 27.0 Å². The summed E-state index contributed by atoms with van der Waals surface area (Å²) in [6.07, 6.45) is 1.80. The van der Waals surface area contributed by atoms with Crippen LogP contribution in [0.15, 0.2) is 27.4 Å². The predicted octanol–water partition coefficient (Wildman–Crippen LogP) is 1.13. The van der Waals surface area contributed by atoms with Crippen LogP contribution < -0.4 is 15.3 Å². The van der Waals surface area contributed by atoms with Crippen molar-refractivity contribution in [2.75, 3.05) is 27.0 Å². The van der Waals surface area contributed by atoms with E-state index in [-0.39, 0.29) is 5.63 Å². The van der Waals surface area contributed by atoms with Crippen LogP contribution in [0.4, 0.5) is 0 Å². The summed E-state index contributed by atoms with van der Waals surface area (Å²) < 4.78 is 16.5. The molecule has 5 heteroatoms.